The van der Waals surface area contributed by atoms with E-state index in [1.807, 2.05) is 31.2 Å². The third kappa shape index (κ3) is 3.61. The summed E-state index contributed by atoms with van der Waals surface area (Å²) in [7, 11) is 1.32. The van der Waals surface area contributed by atoms with E-state index < -0.39 is 42.6 Å². The second-order valence-electron chi connectivity index (χ2n) is 8.01. The Bertz CT molecular complexity index is 954. The molecular formula is C23H27ClO8. The molecule has 2 saturated heterocycles. The Morgan fingerprint density at radius 1 is 1.06 bits per heavy atom. The van der Waals surface area contributed by atoms with Crippen molar-refractivity contribution in [2.24, 2.45) is 0 Å². The first kappa shape index (κ1) is 23.4. The van der Waals surface area contributed by atoms with E-state index in [9.17, 15) is 20.4 Å². The molecule has 2 fully saturated rings. The Kier molecular flexibility index (Phi) is 6.50. The number of benzene rings is 2. The van der Waals surface area contributed by atoms with Crippen molar-refractivity contribution in [2.75, 3.05) is 20.3 Å². The average molecular weight is 467 g/mol. The average Bonchev–Trinajstić information content (AvgIpc) is 3.14. The quantitative estimate of drug-likeness (QED) is 0.482. The first-order valence-corrected chi connectivity index (χ1v) is 10.8. The van der Waals surface area contributed by atoms with Gasteiger partial charge in [0, 0.05) is 17.7 Å². The molecular weight excluding hydrogens is 440 g/mol. The van der Waals surface area contributed by atoms with Gasteiger partial charge in [0.25, 0.3) is 0 Å². The second-order valence-corrected chi connectivity index (χ2v) is 8.42. The van der Waals surface area contributed by atoms with Crippen LogP contribution in [0.2, 0.25) is 5.02 Å². The van der Waals surface area contributed by atoms with Crippen molar-refractivity contribution in [2.45, 2.75) is 49.3 Å². The third-order valence-corrected chi connectivity index (χ3v) is 6.47. The number of ether oxygens (including phenoxy) is 4. The summed E-state index contributed by atoms with van der Waals surface area (Å²) >= 11 is 6.44. The SMILES string of the molecule is CCOc1ccc(Cc2cc([C@]34O[C@H](OC)[C@](CO)(O3)[C@@H](O)[C@H](O)[C@H]4O)ccc2Cl)cc1. The van der Waals surface area contributed by atoms with Crippen LogP contribution in [-0.4, -0.2) is 71.0 Å². The molecule has 4 rings (SSSR count). The van der Waals surface area contributed by atoms with Gasteiger partial charge in [0.15, 0.2) is 11.9 Å². The highest BCUT2D eigenvalue weighted by atomic mass is 35.5. The van der Waals surface area contributed by atoms with Gasteiger partial charge < -0.3 is 39.4 Å². The van der Waals surface area contributed by atoms with Crippen molar-refractivity contribution < 1.29 is 39.4 Å². The maximum atomic E-state index is 10.8. The van der Waals surface area contributed by atoms with E-state index in [2.05, 4.69) is 0 Å². The van der Waals surface area contributed by atoms with Gasteiger partial charge in [-0.3, -0.25) is 0 Å². The molecule has 9 heteroatoms. The molecule has 0 unspecified atom stereocenters. The number of rotatable bonds is 7. The number of methoxy groups -OCH3 is 1. The van der Waals surface area contributed by atoms with Crippen LogP contribution in [0.5, 0.6) is 5.75 Å². The number of halogens is 1. The fourth-order valence-corrected chi connectivity index (χ4v) is 4.58. The molecule has 2 aliphatic rings. The topological polar surface area (TPSA) is 118 Å². The molecule has 8 nitrogen and oxygen atoms in total. The number of aliphatic hydroxyl groups is 4. The molecule has 0 spiro atoms. The molecule has 0 radical (unpaired) electrons. The Morgan fingerprint density at radius 2 is 1.78 bits per heavy atom. The molecule has 6 atom stereocenters. The van der Waals surface area contributed by atoms with Crippen LogP contribution in [0.15, 0.2) is 42.5 Å². The first-order chi connectivity index (χ1) is 15.3. The predicted octanol–water partition coefficient (Wildman–Crippen LogP) is 1.33. The van der Waals surface area contributed by atoms with E-state index in [0.717, 1.165) is 16.9 Å². The van der Waals surface area contributed by atoms with Crippen molar-refractivity contribution in [3.05, 3.63) is 64.2 Å². The van der Waals surface area contributed by atoms with Crippen LogP contribution in [0.1, 0.15) is 23.6 Å². The highest BCUT2D eigenvalue weighted by molar-refractivity contribution is 6.31. The minimum atomic E-state index is -1.86. The van der Waals surface area contributed by atoms with Gasteiger partial charge in [0.05, 0.1) is 13.2 Å². The van der Waals surface area contributed by atoms with Gasteiger partial charge >= 0.3 is 0 Å². The smallest absolute Gasteiger partial charge is 0.227 e. The van der Waals surface area contributed by atoms with E-state index >= 15 is 0 Å². The summed E-state index contributed by atoms with van der Waals surface area (Å²) < 4.78 is 22.6. The number of aliphatic hydroxyl groups excluding tert-OH is 4. The summed E-state index contributed by atoms with van der Waals surface area (Å²) in [6, 6.07) is 12.6. The fraction of sp³-hybridized carbons (Fsp3) is 0.478. The lowest BCUT2D eigenvalue weighted by molar-refractivity contribution is -0.329. The first-order valence-electron chi connectivity index (χ1n) is 10.4. The normalized spacial score (nSPS) is 34.0. The Morgan fingerprint density at radius 3 is 2.41 bits per heavy atom. The zero-order chi connectivity index (χ0) is 23.1. The maximum Gasteiger partial charge on any atom is 0.227 e. The summed E-state index contributed by atoms with van der Waals surface area (Å²) in [6.45, 7) is 1.81. The maximum absolute atomic E-state index is 10.8. The number of hydrogen-bond acceptors (Lipinski definition) is 8. The van der Waals surface area contributed by atoms with E-state index in [1.165, 1.54) is 7.11 Å². The highest BCUT2D eigenvalue weighted by Crippen LogP contribution is 2.53. The van der Waals surface area contributed by atoms with E-state index in [-0.39, 0.29) is 0 Å². The van der Waals surface area contributed by atoms with Crippen molar-refractivity contribution >= 4 is 11.6 Å². The summed E-state index contributed by atoms with van der Waals surface area (Å²) in [5, 5.41) is 42.4. The monoisotopic (exact) mass is 466 g/mol. The second kappa shape index (κ2) is 8.89. The van der Waals surface area contributed by atoms with Crippen LogP contribution in [-0.2, 0) is 26.4 Å². The van der Waals surface area contributed by atoms with Crippen LogP contribution in [0.25, 0.3) is 0 Å². The summed E-state index contributed by atoms with van der Waals surface area (Å²) in [5.41, 5.74) is 0.330. The van der Waals surface area contributed by atoms with Gasteiger partial charge in [-0.1, -0.05) is 29.8 Å². The standard InChI is InChI=1S/C23H27ClO8/c1-3-30-16-7-4-13(5-8-16)10-14-11-15(6-9-17(14)24)23-20(28)18(26)19(27)22(12-25,32-23)21(29-2)31-23/h4-9,11,18-21,25-28H,3,10,12H2,1-2H3/t18-,19-,20+,21-,22+,23-/m0/s1. The lowest BCUT2D eigenvalue weighted by Crippen LogP contribution is -2.66. The molecule has 2 bridgehead atoms. The summed E-state index contributed by atoms with van der Waals surface area (Å²) in [5.74, 6) is -1.09. The largest absolute Gasteiger partial charge is 0.494 e. The van der Waals surface area contributed by atoms with Crippen LogP contribution >= 0.6 is 11.6 Å². The van der Waals surface area contributed by atoms with Crippen molar-refractivity contribution in [3.63, 3.8) is 0 Å². The van der Waals surface area contributed by atoms with Gasteiger partial charge in [0.1, 0.15) is 24.1 Å². The fourth-order valence-electron chi connectivity index (χ4n) is 4.39. The molecule has 0 aromatic heterocycles. The highest BCUT2D eigenvalue weighted by Gasteiger charge is 2.71. The zero-order valence-electron chi connectivity index (χ0n) is 17.8. The van der Waals surface area contributed by atoms with Crippen molar-refractivity contribution in [3.8, 4) is 5.75 Å². The lowest BCUT2D eigenvalue weighted by atomic mass is 9.83. The number of fused-ring (bicyclic) bond motifs is 2. The van der Waals surface area contributed by atoms with Crippen LogP contribution in [0.3, 0.4) is 0 Å². The molecule has 2 heterocycles. The minimum absolute atomic E-state index is 0.374. The van der Waals surface area contributed by atoms with Gasteiger partial charge in [-0.05, 0) is 48.7 Å². The molecule has 2 aliphatic heterocycles. The van der Waals surface area contributed by atoms with E-state index in [4.69, 9.17) is 30.5 Å². The van der Waals surface area contributed by atoms with Crippen molar-refractivity contribution in [1.29, 1.82) is 0 Å². The molecule has 2 aromatic carbocycles. The van der Waals surface area contributed by atoms with E-state index in [0.29, 0.717) is 23.6 Å². The van der Waals surface area contributed by atoms with Crippen LogP contribution < -0.4 is 4.74 Å². The molecule has 174 valence electrons. The molecule has 2 aromatic rings. The Labute approximate surface area is 190 Å². The Hall–Kier alpha value is -1.75. The molecule has 4 N–H and O–H groups in total. The number of hydrogen-bond donors (Lipinski definition) is 4. The van der Waals surface area contributed by atoms with Gasteiger partial charge in [-0.25, -0.2) is 0 Å². The summed E-state index contributed by atoms with van der Waals surface area (Å²) in [6.07, 6.45) is -5.65. The predicted molar refractivity (Wildman–Crippen MR) is 114 cm³/mol. The lowest BCUT2D eigenvalue weighted by Gasteiger charge is -2.45. The van der Waals surface area contributed by atoms with Gasteiger partial charge in [0.2, 0.25) is 5.79 Å². The van der Waals surface area contributed by atoms with Crippen molar-refractivity contribution in [1.82, 2.24) is 0 Å². The molecule has 0 aliphatic carbocycles. The molecule has 0 amide bonds. The third-order valence-electron chi connectivity index (χ3n) is 6.10. The summed E-state index contributed by atoms with van der Waals surface area (Å²) in [4.78, 5) is 0. The van der Waals surface area contributed by atoms with Gasteiger partial charge in [-0.15, -0.1) is 0 Å². The molecule has 0 saturated carbocycles. The molecule has 32 heavy (non-hydrogen) atoms. The minimum Gasteiger partial charge on any atom is -0.494 e. The zero-order valence-corrected chi connectivity index (χ0v) is 18.5. The van der Waals surface area contributed by atoms with Crippen LogP contribution in [0.4, 0.5) is 0 Å². The Balaban J connectivity index is 1.70. The van der Waals surface area contributed by atoms with E-state index in [1.54, 1.807) is 18.2 Å². The van der Waals surface area contributed by atoms with Crippen LogP contribution in [0, 0.1) is 0 Å². The van der Waals surface area contributed by atoms with Gasteiger partial charge in [-0.2, -0.15) is 0 Å².